The number of hydrogen-bond acceptors (Lipinski definition) is 5. The standard InChI is InChI=1S/C20H18ClF3N4O2/c1-19(2,3)15-9-14(30-28-15)18(29)27-16-12(25)8-13(26-17(16)21)10-6-4-5-7-11(10)20(22,23)24/h4-9H,1-3H3,(H2,25,26)(H,27,29). The Hall–Kier alpha value is -3.07. The fourth-order valence-electron chi connectivity index (χ4n) is 2.66. The van der Waals surface area contributed by atoms with Crippen LogP contribution in [0.2, 0.25) is 5.15 Å². The monoisotopic (exact) mass is 438 g/mol. The number of nitrogens with zero attached hydrogens (tertiary/aromatic N) is 2. The number of halogens is 4. The topological polar surface area (TPSA) is 94.0 Å². The molecule has 30 heavy (non-hydrogen) atoms. The Morgan fingerprint density at radius 2 is 1.83 bits per heavy atom. The smallest absolute Gasteiger partial charge is 0.397 e. The van der Waals surface area contributed by atoms with Crippen molar-refractivity contribution in [1.82, 2.24) is 10.1 Å². The van der Waals surface area contributed by atoms with Crippen molar-refractivity contribution in [3.8, 4) is 11.3 Å². The number of alkyl halides is 3. The van der Waals surface area contributed by atoms with Crippen molar-refractivity contribution in [2.45, 2.75) is 32.4 Å². The van der Waals surface area contributed by atoms with Crippen LogP contribution in [0.1, 0.15) is 42.6 Å². The number of hydrogen-bond donors (Lipinski definition) is 2. The van der Waals surface area contributed by atoms with E-state index in [-0.39, 0.29) is 39.0 Å². The summed E-state index contributed by atoms with van der Waals surface area (Å²) < 4.78 is 44.9. The van der Waals surface area contributed by atoms with Gasteiger partial charge in [-0.3, -0.25) is 4.79 Å². The average molecular weight is 439 g/mol. The normalized spacial score (nSPS) is 12.1. The average Bonchev–Trinajstić information content (AvgIpc) is 3.14. The number of carbonyl (C=O) groups excluding carboxylic acids is 1. The molecular weight excluding hydrogens is 421 g/mol. The van der Waals surface area contributed by atoms with E-state index in [1.54, 1.807) is 0 Å². The molecular formula is C20H18ClF3N4O2. The lowest BCUT2D eigenvalue weighted by molar-refractivity contribution is -0.137. The Morgan fingerprint density at radius 3 is 2.40 bits per heavy atom. The van der Waals surface area contributed by atoms with E-state index in [0.717, 1.165) is 6.07 Å². The van der Waals surface area contributed by atoms with Crippen LogP contribution in [0.15, 0.2) is 40.9 Å². The molecule has 0 aliphatic carbocycles. The molecule has 158 valence electrons. The van der Waals surface area contributed by atoms with E-state index in [2.05, 4.69) is 15.5 Å². The van der Waals surface area contributed by atoms with Crippen molar-refractivity contribution in [3.63, 3.8) is 0 Å². The van der Waals surface area contributed by atoms with Gasteiger partial charge in [0.2, 0.25) is 5.76 Å². The Labute approximate surface area is 175 Å². The van der Waals surface area contributed by atoms with Gasteiger partial charge >= 0.3 is 6.18 Å². The molecule has 1 amide bonds. The number of nitrogens with two attached hydrogens (primary N) is 1. The first kappa shape index (κ1) is 21.6. The number of pyridine rings is 1. The van der Waals surface area contributed by atoms with E-state index in [0.29, 0.717) is 5.69 Å². The van der Waals surface area contributed by atoms with Crippen LogP contribution in [-0.2, 0) is 11.6 Å². The highest BCUT2D eigenvalue weighted by Crippen LogP contribution is 2.39. The molecule has 0 unspecified atom stereocenters. The molecule has 2 aromatic heterocycles. The Balaban J connectivity index is 1.93. The summed E-state index contributed by atoms with van der Waals surface area (Å²) in [4.78, 5) is 16.5. The maximum absolute atomic E-state index is 13.3. The zero-order valence-corrected chi connectivity index (χ0v) is 17.0. The van der Waals surface area contributed by atoms with Crippen molar-refractivity contribution in [2.75, 3.05) is 11.1 Å². The highest BCUT2D eigenvalue weighted by molar-refractivity contribution is 6.33. The first-order valence-electron chi connectivity index (χ1n) is 8.79. The number of rotatable bonds is 3. The van der Waals surface area contributed by atoms with Crippen LogP contribution < -0.4 is 11.1 Å². The van der Waals surface area contributed by atoms with Crippen molar-refractivity contribution in [3.05, 3.63) is 58.6 Å². The number of anilines is 2. The molecule has 0 aliphatic heterocycles. The molecule has 0 spiro atoms. The molecule has 0 saturated heterocycles. The van der Waals surface area contributed by atoms with Crippen LogP contribution in [0.5, 0.6) is 0 Å². The van der Waals surface area contributed by atoms with E-state index >= 15 is 0 Å². The largest absolute Gasteiger partial charge is 0.417 e. The first-order chi connectivity index (χ1) is 13.9. The summed E-state index contributed by atoms with van der Waals surface area (Å²) in [5, 5.41) is 6.07. The fraction of sp³-hybridized carbons (Fsp3) is 0.250. The quantitative estimate of drug-likeness (QED) is 0.523. The molecule has 0 saturated carbocycles. The number of aromatic nitrogens is 2. The molecule has 3 N–H and O–H groups in total. The minimum Gasteiger partial charge on any atom is -0.397 e. The van der Waals surface area contributed by atoms with Crippen molar-refractivity contribution >= 4 is 28.9 Å². The molecule has 10 heteroatoms. The van der Waals surface area contributed by atoms with Gasteiger partial charge in [0.1, 0.15) is 5.69 Å². The minimum absolute atomic E-state index is 0.0383. The summed E-state index contributed by atoms with van der Waals surface area (Å²) in [5.74, 6) is -0.737. The predicted octanol–water partition coefficient (Wildman–Crippen LogP) is 5.54. The number of nitrogen functional groups attached to an aromatic ring is 1. The second-order valence-corrected chi connectivity index (χ2v) is 7.94. The highest BCUT2D eigenvalue weighted by atomic mass is 35.5. The van der Waals surface area contributed by atoms with E-state index in [9.17, 15) is 18.0 Å². The Kier molecular flexibility index (Phi) is 5.51. The molecule has 3 aromatic rings. The molecule has 0 radical (unpaired) electrons. The second-order valence-electron chi connectivity index (χ2n) is 7.59. The number of carbonyl (C=O) groups is 1. The van der Waals surface area contributed by atoms with Gasteiger partial charge in [-0.25, -0.2) is 4.98 Å². The lowest BCUT2D eigenvalue weighted by atomic mass is 9.92. The van der Waals surface area contributed by atoms with Crippen LogP contribution in [-0.4, -0.2) is 16.0 Å². The summed E-state index contributed by atoms with van der Waals surface area (Å²) >= 11 is 6.13. The van der Waals surface area contributed by atoms with E-state index in [1.165, 1.54) is 30.3 Å². The van der Waals surface area contributed by atoms with Gasteiger partial charge < -0.3 is 15.6 Å². The van der Waals surface area contributed by atoms with Gasteiger partial charge in [-0.2, -0.15) is 13.2 Å². The highest BCUT2D eigenvalue weighted by Gasteiger charge is 2.34. The molecule has 0 atom stereocenters. The van der Waals surface area contributed by atoms with Gasteiger partial charge in [0.25, 0.3) is 5.91 Å². The van der Waals surface area contributed by atoms with Crippen molar-refractivity contribution < 1.29 is 22.5 Å². The van der Waals surface area contributed by atoms with Crippen molar-refractivity contribution in [2.24, 2.45) is 0 Å². The maximum atomic E-state index is 13.3. The summed E-state index contributed by atoms with van der Waals surface area (Å²) in [7, 11) is 0. The zero-order chi connectivity index (χ0) is 22.3. The van der Waals surface area contributed by atoms with E-state index < -0.39 is 17.6 Å². The van der Waals surface area contributed by atoms with Gasteiger partial charge in [-0.1, -0.05) is 55.7 Å². The third kappa shape index (κ3) is 4.40. The summed E-state index contributed by atoms with van der Waals surface area (Å²) in [5.41, 5.74) is 4.99. The molecule has 6 nitrogen and oxygen atoms in total. The molecule has 0 fully saturated rings. The molecule has 3 rings (SSSR count). The summed E-state index contributed by atoms with van der Waals surface area (Å²) in [6, 6.07) is 7.63. The van der Waals surface area contributed by atoms with Gasteiger partial charge in [0.05, 0.1) is 22.6 Å². The zero-order valence-electron chi connectivity index (χ0n) is 16.3. The van der Waals surface area contributed by atoms with Gasteiger partial charge in [-0.15, -0.1) is 0 Å². The van der Waals surface area contributed by atoms with Crippen LogP contribution >= 0.6 is 11.6 Å². The van der Waals surface area contributed by atoms with Gasteiger partial charge in [-0.05, 0) is 12.1 Å². The van der Waals surface area contributed by atoms with Gasteiger partial charge in [0.15, 0.2) is 5.15 Å². The van der Waals surface area contributed by atoms with Crippen LogP contribution in [0.25, 0.3) is 11.3 Å². The lowest BCUT2D eigenvalue weighted by Crippen LogP contribution is -2.14. The third-order valence-corrected chi connectivity index (χ3v) is 4.53. The number of amides is 1. The number of nitrogens with one attached hydrogen (secondary N) is 1. The summed E-state index contributed by atoms with van der Waals surface area (Å²) in [6.07, 6.45) is -4.58. The third-order valence-electron chi connectivity index (χ3n) is 4.26. The molecule has 0 bridgehead atoms. The Bertz CT molecular complexity index is 1080. The number of benzene rings is 1. The van der Waals surface area contributed by atoms with E-state index in [4.69, 9.17) is 21.9 Å². The van der Waals surface area contributed by atoms with Crippen LogP contribution in [0.3, 0.4) is 0 Å². The molecule has 2 heterocycles. The minimum atomic E-state index is -4.58. The Morgan fingerprint density at radius 1 is 1.17 bits per heavy atom. The lowest BCUT2D eigenvalue weighted by Gasteiger charge is -2.15. The fourth-order valence-corrected chi connectivity index (χ4v) is 2.91. The molecule has 0 aliphatic rings. The van der Waals surface area contributed by atoms with Gasteiger partial charge in [0, 0.05) is 17.0 Å². The van der Waals surface area contributed by atoms with Crippen molar-refractivity contribution in [1.29, 1.82) is 0 Å². The van der Waals surface area contributed by atoms with Crippen LogP contribution in [0, 0.1) is 0 Å². The summed E-state index contributed by atoms with van der Waals surface area (Å²) in [6.45, 7) is 5.72. The SMILES string of the molecule is CC(C)(C)c1cc(C(=O)Nc2c(N)cc(-c3ccccc3C(F)(F)F)nc2Cl)on1. The first-order valence-corrected chi connectivity index (χ1v) is 9.17. The second kappa shape index (κ2) is 7.64. The predicted molar refractivity (Wildman–Crippen MR) is 107 cm³/mol. The molecule has 1 aromatic carbocycles. The maximum Gasteiger partial charge on any atom is 0.417 e. The van der Waals surface area contributed by atoms with E-state index in [1.807, 2.05) is 20.8 Å². The van der Waals surface area contributed by atoms with Crippen LogP contribution in [0.4, 0.5) is 24.5 Å².